The van der Waals surface area contributed by atoms with Crippen molar-refractivity contribution in [3.05, 3.63) is 35.9 Å². The Kier molecular flexibility index (Phi) is 7.76. The molecule has 1 aromatic carbocycles. The Bertz CT molecular complexity index is 418. The fourth-order valence-electron chi connectivity index (χ4n) is 3.02. The van der Waals surface area contributed by atoms with Crippen LogP contribution in [-0.2, 0) is 4.79 Å². The minimum atomic E-state index is -0.197. The van der Waals surface area contributed by atoms with Gasteiger partial charge in [0.2, 0.25) is 5.91 Å². The fraction of sp³-hybridized carbons (Fsp3) is 0.588. The molecule has 0 radical (unpaired) electrons. The van der Waals surface area contributed by atoms with Crippen LogP contribution < -0.4 is 5.73 Å². The van der Waals surface area contributed by atoms with Crippen LogP contribution in [0, 0.1) is 5.92 Å². The standard InChI is InChI=1S/C17H26N2O.ClH/c1-19(13-14-8-4-2-5-9-14)17(20)12-16(18)15-10-6-3-7-11-15;/h3,6-7,10-11,14,16H,2,4-5,8-9,12-13,18H2,1H3;1H. The number of nitrogens with zero attached hydrogens (tertiary/aromatic N) is 1. The lowest BCUT2D eigenvalue weighted by atomic mass is 9.89. The zero-order valence-corrected chi connectivity index (χ0v) is 13.6. The molecule has 118 valence electrons. The van der Waals surface area contributed by atoms with Crippen LogP contribution in [0.3, 0.4) is 0 Å². The smallest absolute Gasteiger partial charge is 0.224 e. The molecule has 3 nitrogen and oxygen atoms in total. The maximum Gasteiger partial charge on any atom is 0.224 e. The Balaban J connectivity index is 0.00000220. The maximum absolute atomic E-state index is 12.2. The number of hydrogen-bond acceptors (Lipinski definition) is 2. The molecular formula is C17H27ClN2O. The molecule has 1 amide bonds. The highest BCUT2D eigenvalue weighted by Gasteiger charge is 2.20. The van der Waals surface area contributed by atoms with Gasteiger partial charge in [0.1, 0.15) is 0 Å². The second-order valence-corrected chi connectivity index (χ2v) is 6.00. The third-order valence-electron chi connectivity index (χ3n) is 4.30. The predicted octanol–water partition coefficient (Wildman–Crippen LogP) is 3.54. The fourth-order valence-corrected chi connectivity index (χ4v) is 3.02. The quantitative estimate of drug-likeness (QED) is 0.904. The van der Waals surface area contributed by atoms with Gasteiger partial charge >= 0.3 is 0 Å². The van der Waals surface area contributed by atoms with Gasteiger partial charge in [0, 0.05) is 26.1 Å². The Morgan fingerprint density at radius 3 is 2.48 bits per heavy atom. The van der Waals surface area contributed by atoms with Gasteiger partial charge in [-0.1, -0.05) is 49.6 Å². The van der Waals surface area contributed by atoms with Gasteiger partial charge in [-0.2, -0.15) is 0 Å². The summed E-state index contributed by atoms with van der Waals surface area (Å²) in [6, 6.07) is 9.67. The third-order valence-corrected chi connectivity index (χ3v) is 4.30. The Hall–Kier alpha value is -1.06. The number of hydrogen-bond donors (Lipinski definition) is 1. The highest BCUT2D eigenvalue weighted by atomic mass is 35.5. The number of benzene rings is 1. The minimum Gasteiger partial charge on any atom is -0.345 e. The van der Waals surface area contributed by atoms with E-state index in [1.165, 1.54) is 32.1 Å². The summed E-state index contributed by atoms with van der Waals surface area (Å²) in [5.74, 6) is 0.845. The predicted molar refractivity (Wildman–Crippen MR) is 89.4 cm³/mol. The van der Waals surface area contributed by atoms with Crippen molar-refractivity contribution in [3.8, 4) is 0 Å². The average molecular weight is 311 g/mol. The summed E-state index contributed by atoms with van der Waals surface area (Å²) >= 11 is 0. The molecule has 0 aliphatic heterocycles. The van der Waals surface area contributed by atoms with Crippen LogP contribution >= 0.6 is 12.4 Å². The maximum atomic E-state index is 12.2. The zero-order chi connectivity index (χ0) is 14.4. The lowest BCUT2D eigenvalue weighted by Gasteiger charge is -2.27. The number of nitrogens with two attached hydrogens (primary N) is 1. The first kappa shape index (κ1) is 18.0. The van der Waals surface area contributed by atoms with E-state index in [0.717, 1.165) is 12.1 Å². The molecule has 2 N–H and O–H groups in total. The molecule has 0 aromatic heterocycles. The van der Waals surface area contributed by atoms with Crippen molar-refractivity contribution in [1.29, 1.82) is 0 Å². The van der Waals surface area contributed by atoms with E-state index in [0.29, 0.717) is 12.3 Å². The van der Waals surface area contributed by atoms with Crippen LogP contribution in [-0.4, -0.2) is 24.4 Å². The van der Waals surface area contributed by atoms with Crippen LogP contribution in [0.5, 0.6) is 0 Å². The summed E-state index contributed by atoms with van der Waals surface area (Å²) in [4.78, 5) is 14.1. The number of halogens is 1. The van der Waals surface area contributed by atoms with Gasteiger partial charge in [-0.15, -0.1) is 12.4 Å². The molecule has 1 unspecified atom stereocenters. The Morgan fingerprint density at radius 1 is 1.24 bits per heavy atom. The van der Waals surface area contributed by atoms with Gasteiger partial charge in [0.05, 0.1) is 0 Å². The number of carbonyl (C=O) groups excluding carboxylic acids is 1. The largest absolute Gasteiger partial charge is 0.345 e. The van der Waals surface area contributed by atoms with Crippen molar-refractivity contribution in [2.24, 2.45) is 11.7 Å². The molecule has 1 aliphatic rings. The molecule has 4 heteroatoms. The summed E-state index contributed by atoms with van der Waals surface area (Å²) in [6.07, 6.45) is 6.91. The number of carbonyl (C=O) groups is 1. The Labute approximate surface area is 134 Å². The first-order valence-electron chi connectivity index (χ1n) is 7.71. The van der Waals surface area contributed by atoms with E-state index in [-0.39, 0.29) is 24.4 Å². The second-order valence-electron chi connectivity index (χ2n) is 6.00. The third kappa shape index (κ3) is 5.68. The van der Waals surface area contributed by atoms with Crippen LogP contribution in [0.25, 0.3) is 0 Å². The summed E-state index contributed by atoms with van der Waals surface area (Å²) in [7, 11) is 1.91. The highest BCUT2D eigenvalue weighted by molar-refractivity contribution is 5.85. The molecule has 1 aromatic rings. The van der Waals surface area contributed by atoms with E-state index < -0.39 is 0 Å². The summed E-state index contributed by atoms with van der Waals surface area (Å²) in [5.41, 5.74) is 7.15. The van der Waals surface area contributed by atoms with Crippen LogP contribution in [0.1, 0.15) is 50.1 Å². The lowest BCUT2D eigenvalue weighted by Crippen LogP contribution is -2.34. The molecule has 0 heterocycles. The minimum absolute atomic E-state index is 0. The molecule has 1 fully saturated rings. The molecule has 0 spiro atoms. The van der Waals surface area contributed by atoms with Gasteiger partial charge in [-0.3, -0.25) is 4.79 Å². The van der Waals surface area contributed by atoms with Crippen LogP contribution in [0.4, 0.5) is 0 Å². The first-order valence-corrected chi connectivity index (χ1v) is 7.71. The molecule has 0 saturated heterocycles. The zero-order valence-electron chi connectivity index (χ0n) is 12.8. The van der Waals surface area contributed by atoms with E-state index in [1.807, 2.05) is 42.3 Å². The van der Waals surface area contributed by atoms with Crippen molar-refractivity contribution < 1.29 is 4.79 Å². The van der Waals surface area contributed by atoms with E-state index in [4.69, 9.17) is 5.73 Å². The molecule has 1 aliphatic carbocycles. The topological polar surface area (TPSA) is 46.3 Å². The molecule has 1 atom stereocenters. The van der Waals surface area contributed by atoms with E-state index >= 15 is 0 Å². The second kappa shape index (κ2) is 9.06. The molecule has 0 bridgehead atoms. The van der Waals surface area contributed by atoms with Crippen molar-refractivity contribution >= 4 is 18.3 Å². The lowest BCUT2D eigenvalue weighted by molar-refractivity contribution is -0.131. The van der Waals surface area contributed by atoms with Crippen molar-refractivity contribution in [3.63, 3.8) is 0 Å². The van der Waals surface area contributed by atoms with Gasteiger partial charge in [0.25, 0.3) is 0 Å². The Morgan fingerprint density at radius 2 is 1.86 bits per heavy atom. The number of rotatable bonds is 5. The van der Waals surface area contributed by atoms with Crippen molar-refractivity contribution in [2.45, 2.75) is 44.6 Å². The highest BCUT2D eigenvalue weighted by Crippen LogP contribution is 2.24. The van der Waals surface area contributed by atoms with E-state index in [2.05, 4.69) is 0 Å². The monoisotopic (exact) mass is 310 g/mol. The van der Waals surface area contributed by atoms with Gasteiger partial charge in [-0.25, -0.2) is 0 Å². The van der Waals surface area contributed by atoms with E-state index in [9.17, 15) is 4.79 Å². The van der Waals surface area contributed by atoms with Crippen LogP contribution in [0.2, 0.25) is 0 Å². The van der Waals surface area contributed by atoms with Gasteiger partial charge in [0.15, 0.2) is 0 Å². The van der Waals surface area contributed by atoms with E-state index in [1.54, 1.807) is 0 Å². The van der Waals surface area contributed by atoms with Gasteiger partial charge in [-0.05, 0) is 24.3 Å². The van der Waals surface area contributed by atoms with Gasteiger partial charge < -0.3 is 10.6 Å². The van der Waals surface area contributed by atoms with Crippen molar-refractivity contribution in [1.82, 2.24) is 4.90 Å². The normalized spacial score (nSPS) is 16.9. The summed E-state index contributed by atoms with van der Waals surface area (Å²) in [6.45, 7) is 0.889. The first-order chi connectivity index (χ1) is 9.66. The number of amides is 1. The summed E-state index contributed by atoms with van der Waals surface area (Å²) in [5, 5.41) is 0. The SMILES string of the molecule is CN(CC1CCCCC1)C(=O)CC(N)c1ccccc1.Cl. The van der Waals surface area contributed by atoms with Crippen LogP contribution in [0.15, 0.2) is 30.3 Å². The molecular weight excluding hydrogens is 284 g/mol. The molecule has 2 rings (SSSR count). The average Bonchev–Trinajstić information content (AvgIpc) is 2.49. The molecule has 1 saturated carbocycles. The van der Waals surface area contributed by atoms with Crippen molar-refractivity contribution in [2.75, 3.05) is 13.6 Å². The summed E-state index contributed by atoms with van der Waals surface area (Å²) < 4.78 is 0. The molecule has 21 heavy (non-hydrogen) atoms.